The maximum Gasteiger partial charge on any atom is 0.120 e. The average molecular weight is 194 g/mol. The second-order valence-electron chi connectivity index (χ2n) is 3.07. The van der Waals surface area contributed by atoms with Gasteiger partial charge in [0, 0.05) is 17.1 Å². The fourth-order valence-corrected chi connectivity index (χ4v) is 2.06. The summed E-state index contributed by atoms with van der Waals surface area (Å²) >= 11 is 1.75. The third kappa shape index (κ3) is 3.23. The zero-order chi connectivity index (χ0) is 9.68. The van der Waals surface area contributed by atoms with E-state index in [4.69, 9.17) is 0 Å². The molecule has 1 rings (SSSR count). The van der Waals surface area contributed by atoms with E-state index in [2.05, 4.69) is 32.0 Å². The van der Waals surface area contributed by atoms with Gasteiger partial charge in [-0.25, -0.2) is 0 Å². The van der Waals surface area contributed by atoms with Gasteiger partial charge in [0.25, 0.3) is 0 Å². The van der Waals surface area contributed by atoms with Crippen molar-refractivity contribution < 1.29 is 4.79 Å². The van der Waals surface area contributed by atoms with E-state index in [9.17, 15) is 4.79 Å². The molecule has 0 aliphatic heterocycles. The number of carbonyl (C=O) groups excluding carboxylic acids is 1. The first-order chi connectivity index (χ1) is 6.24. The Morgan fingerprint density at radius 3 is 2.77 bits per heavy atom. The highest BCUT2D eigenvalue weighted by Gasteiger charge is 1.98. The lowest BCUT2D eigenvalue weighted by Crippen LogP contribution is -1.84. The molecule has 13 heavy (non-hydrogen) atoms. The molecule has 1 aromatic rings. The van der Waals surface area contributed by atoms with Crippen molar-refractivity contribution in [1.29, 1.82) is 0 Å². The lowest BCUT2D eigenvalue weighted by molar-refractivity contribution is -0.107. The van der Waals surface area contributed by atoms with Crippen LogP contribution in [-0.2, 0) is 4.79 Å². The fraction of sp³-hybridized carbons (Fsp3) is 0.364. The quantitative estimate of drug-likeness (QED) is 0.416. The normalized spacial score (nSPS) is 10.0. The Morgan fingerprint density at radius 2 is 2.15 bits per heavy atom. The van der Waals surface area contributed by atoms with Crippen molar-refractivity contribution in [3.05, 3.63) is 29.3 Å². The molecule has 0 atom stereocenters. The zero-order valence-corrected chi connectivity index (χ0v) is 8.86. The van der Waals surface area contributed by atoms with Crippen LogP contribution in [0.4, 0.5) is 0 Å². The molecule has 0 fully saturated rings. The molecule has 2 heteroatoms. The highest BCUT2D eigenvalue weighted by molar-refractivity contribution is 7.99. The van der Waals surface area contributed by atoms with E-state index in [1.807, 2.05) is 0 Å². The topological polar surface area (TPSA) is 17.1 Å². The van der Waals surface area contributed by atoms with Gasteiger partial charge in [-0.3, -0.25) is 0 Å². The molecule has 1 nitrogen and oxygen atoms in total. The highest BCUT2D eigenvalue weighted by Crippen LogP contribution is 2.23. The van der Waals surface area contributed by atoms with Crippen LogP contribution in [0.2, 0.25) is 0 Å². The van der Waals surface area contributed by atoms with Crippen molar-refractivity contribution in [1.82, 2.24) is 0 Å². The SMILES string of the molecule is Cc1ccc(SCCC=O)c(C)c1. The van der Waals surface area contributed by atoms with Crippen LogP contribution in [0, 0.1) is 13.8 Å². The largest absolute Gasteiger partial charge is 0.303 e. The smallest absolute Gasteiger partial charge is 0.120 e. The standard InChI is InChI=1S/C11H14OS/c1-9-4-5-11(10(2)8-9)13-7-3-6-12/h4-6,8H,3,7H2,1-2H3. The monoisotopic (exact) mass is 194 g/mol. The molecular weight excluding hydrogens is 180 g/mol. The summed E-state index contributed by atoms with van der Waals surface area (Å²) in [5, 5.41) is 0. The van der Waals surface area contributed by atoms with Crippen molar-refractivity contribution in [2.45, 2.75) is 25.2 Å². The van der Waals surface area contributed by atoms with Gasteiger partial charge in [-0.15, -0.1) is 11.8 Å². The van der Waals surface area contributed by atoms with Gasteiger partial charge in [0.1, 0.15) is 6.29 Å². The van der Waals surface area contributed by atoms with Gasteiger partial charge in [-0.1, -0.05) is 17.7 Å². The molecule has 0 unspecified atom stereocenters. The number of aldehydes is 1. The van der Waals surface area contributed by atoms with Gasteiger partial charge in [0.2, 0.25) is 0 Å². The van der Waals surface area contributed by atoms with E-state index in [1.54, 1.807) is 11.8 Å². The molecule has 0 aliphatic rings. The number of thioether (sulfide) groups is 1. The van der Waals surface area contributed by atoms with E-state index in [-0.39, 0.29) is 0 Å². The van der Waals surface area contributed by atoms with Crippen LogP contribution >= 0.6 is 11.8 Å². The molecule has 70 valence electrons. The molecule has 0 amide bonds. The lowest BCUT2D eigenvalue weighted by atomic mass is 10.2. The maximum absolute atomic E-state index is 10.1. The highest BCUT2D eigenvalue weighted by atomic mass is 32.2. The summed E-state index contributed by atoms with van der Waals surface area (Å²) in [6, 6.07) is 6.40. The first-order valence-electron chi connectivity index (χ1n) is 4.37. The minimum absolute atomic E-state index is 0.637. The molecule has 0 saturated carbocycles. The Bertz CT molecular complexity index is 294. The van der Waals surface area contributed by atoms with Gasteiger partial charge in [-0.05, 0) is 25.5 Å². The van der Waals surface area contributed by atoms with Gasteiger partial charge < -0.3 is 4.79 Å². The maximum atomic E-state index is 10.1. The second-order valence-corrected chi connectivity index (χ2v) is 4.21. The van der Waals surface area contributed by atoms with Crippen LogP contribution in [0.25, 0.3) is 0 Å². The number of hydrogen-bond donors (Lipinski definition) is 0. The molecular formula is C11H14OS. The number of carbonyl (C=O) groups is 1. The van der Waals surface area contributed by atoms with Crippen molar-refractivity contribution in [2.24, 2.45) is 0 Å². The summed E-state index contributed by atoms with van der Waals surface area (Å²) in [5.74, 6) is 0.882. The Morgan fingerprint density at radius 1 is 1.38 bits per heavy atom. The summed E-state index contributed by atoms with van der Waals surface area (Å²) in [6.45, 7) is 4.20. The van der Waals surface area contributed by atoms with Gasteiger partial charge in [0.05, 0.1) is 0 Å². The summed E-state index contributed by atoms with van der Waals surface area (Å²) in [4.78, 5) is 11.4. The Hall–Kier alpha value is -0.760. The molecule has 0 aliphatic carbocycles. The van der Waals surface area contributed by atoms with Gasteiger partial charge in [0.15, 0.2) is 0 Å². The third-order valence-electron chi connectivity index (χ3n) is 1.82. The first-order valence-corrected chi connectivity index (χ1v) is 5.36. The number of benzene rings is 1. The number of aryl methyl sites for hydroxylation is 2. The van der Waals surface area contributed by atoms with Gasteiger partial charge >= 0.3 is 0 Å². The van der Waals surface area contributed by atoms with Crippen molar-refractivity contribution >= 4 is 18.0 Å². The summed E-state index contributed by atoms with van der Waals surface area (Å²) in [7, 11) is 0. The minimum Gasteiger partial charge on any atom is -0.303 e. The lowest BCUT2D eigenvalue weighted by Gasteiger charge is -2.04. The van der Waals surface area contributed by atoms with E-state index in [0.717, 1.165) is 12.0 Å². The Kier molecular flexibility index (Phi) is 4.03. The Balaban J connectivity index is 2.61. The summed E-state index contributed by atoms with van der Waals surface area (Å²) in [5.41, 5.74) is 2.59. The van der Waals surface area contributed by atoms with E-state index in [1.165, 1.54) is 16.0 Å². The van der Waals surface area contributed by atoms with Crippen LogP contribution in [-0.4, -0.2) is 12.0 Å². The van der Waals surface area contributed by atoms with E-state index in [0.29, 0.717) is 6.42 Å². The second kappa shape index (κ2) is 5.07. The summed E-state index contributed by atoms with van der Waals surface area (Å²) < 4.78 is 0. The summed E-state index contributed by atoms with van der Waals surface area (Å²) in [6.07, 6.45) is 1.61. The van der Waals surface area contributed by atoms with Crippen LogP contribution in [0.15, 0.2) is 23.1 Å². The molecule has 1 aromatic carbocycles. The van der Waals surface area contributed by atoms with Crippen molar-refractivity contribution in [2.75, 3.05) is 5.75 Å². The molecule has 0 spiro atoms. The van der Waals surface area contributed by atoms with Crippen LogP contribution in [0.3, 0.4) is 0 Å². The third-order valence-corrected chi connectivity index (χ3v) is 3.03. The minimum atomic E-state index is 0.637. The van der Waals surface area contributed by atoms with Gasteiger partial charge in [-0.2, -0.15) is 0 Å². The average Bonchev–Trinajstić information content (AvgIpc) is 2.09. The number of hydrogen-bond acceptors (Lipinski definition) is 2. The van der Waals surface area contributed by atoms with Crippen molar-refractivity contribution in [3.63, 3.8) is 0 Å². The first kappa shape index (κ1) is 10.3. The fourth-order valence-electron chi connectivity index (χ4n) is 1.18. The van der Waals surface area contributed by atoms with Crippen molar-refractivity contribution in [3.8, 4) is 0 Å². The molecule has 0 saturated heterocycles. The molecule has 0 bridgehead atoms. The predicted molar refractivity (Wildman–Crippen MR) is 57.3 cm³/mol. The molecule has 0 N–H and O–H groups in total. The van der Waals surface area contributed by atoms with Crippen LogP contribution < -0.4 is 0 Å². The van der Waals surface area contributed by atoms with E-state index < -0.39 is 0 Å². The number of rotatable bonds is 4. The Labute approximate surface area is 83.5 Å². The molecule has 0 aromatic heterocycles. The van der Waals surface area contributed by atoms with E-state index >= 15 is 0 Å². The molecule has 0 heterocycles. The zero-order valence-electron chi connectivity index (χ0n) is 8.04. The van der Waals surface area contributed by atoms with Crippen LogP contribution in [0.1, 0.15) is 17.5 Å². The van der Waals surface area contributed by atoms with Crippen LogP contribution in [0.5, 0.6) is 0 Å². The predicted octanol–water partition coefficient (Wildman–Crippen LogP) is 2.98. The molecule has 0 radical (unpaired) electrons.